The Bertz CT molecular complexity index is 5070. The molecule has 2 heterocycles. The van der Waals surface area contributed by atoms with Crippen molar-refractivity contribution in [1.82, 2.24) is 9.13 Å². The average Bonchev–Trinajstić information content (AvgIpc) is 2.14. The van der Waals surface area contributed by atoms with E-state index < -0.39 is 0 Å². The lowest BCUT2D eigenvalue weighted by molar-refractivity contribution is 1.18. The second kappa shape index (κ2) is 21.2. The van der Waals surface area contributed by atoms with Gasteiger partial charge in [0.15, 0.2) is 0 Å². The largest absolute Gasteiger partial charge is 0.309 e. The summed E-state index contributed by atoms with van der Waals surface area (Å²) in [6, 6.07) is 125. The van der Waals surface area contributed by atoms with Crippen LogP contribution in [0.4, 0.5) is 0 Å². The van der Waals surface area contributed by atoms with Crippen molar-refractivity contribution in [3.8, 4) is 100 Å². The Morgan fingerprint density at radius 1 is 0.136 bits per heavy atom. The molecule has 0 radical (unpaired) electrons. The molecule has 2 nitrogen and oxygen atoms in total. The molecule has 0 aliphatic carbocycles. The minimum Gasteiger partial charge on any atom is -0.309 e. The van der Waals surface area contributed by atoms with Crippen LogP contribution in [0.2, 0.25) is 0 Å². The zero-order valence-corrected chi connectivity index (χ0v) is 48.2. The van der Waals surface area contributed by atoms with Gasteiger partial charge in [0.25, 0.3) is 0 Å². The summed E-state index contributed by atoms with van der Waals surface area (Å²) in [5.74, 6) is 0. The summed E-state index contributed by atoms with van der Waals surface area (Å²) in [4.78, 5) is 0. The lowest BCUT2D eigenvalue weighted by Crippen LogP contribution is -1.93. The standard InChI is InChI=1S/C86H56N2/c1-5-17-57(18-6-1)67-45-49-81-77(53-67)79-55-69(47-51-83(79)87(81)71-21-9-3-10-22-71)63-33-29-59(30-34-63)61-37-41-65(42-38-61)85-73-25-13-15-27-75(73)86(76-28-16-14-26-74(76)85)66-43-39-62(40-44-66)60-31-35-64(36-32-60)70-48-52-84-80(56-70)78-54-68(58-19-7-2-8-20-58)46-50-82(78)88(84)72-23-11-4-12-24-72/h1-56H. The van der Waals surface area contributed by atoms with Gasteiger partial charge in [0.2, 0.25) is 0 Å². The fourth-order valence-corrected chi connectivity index (χ4v) is 13.9. The third kappa shape index (κ3) is 8.73. The fourth-order valence-electron chi connectivity index (χ4n) is 13.9. The Morgan fingerprint density at radius 2 is 0.330 bits per heavy atom. The average molecular weight is 1120 g/mol. The first-order valence-corrected chi connectivity index (χ1v) is 30.4. The van der Waals surface area contributed by atoms with Gasteiger partial charge < -0.3 is 9.13 Å². The monoisotopic (exact) mass is 1120 g/mol. The minimum absolute atomic E-state index is 1.16. The van der Waals surface area contributed by atoms with Gasteiger partial charge in [-0.2, -0.15) is 0 Å². The predicted octanol–water partition coefficient (Wildman–Crippen LogP) is 23.5. The molecule has 17 rings (SSSR count). The van der Waals surface area contributed by atoms with Crippen LogP contribution in [0, 0.1) is 0 Å². The summed E-state index contributed by atoms with van der Waals surface area (Å²) in [6.07, 6.45) is 0. The van der Waals surface area contributed by atoms with Crippen molar-refractivity contribution in [2.45, 2.75) is 0 Å². The smallest absolute Gasteiger partial charge is 0.0541 e. The molecule has 0 bridgehead atoms. The van der Waals surface area contributed by atoms with Crippen LogP contribution in [0.3, 0.4) is 0 Å². The van der Waals surface area contributed by atoms with Crippen molar-refractivity contribution in [2.24, 2.45) is 0 Å². The molecule has 410 valence electrons. The molecule has 0 amide bonds. The molecular formula is C86H56N2. The maximum atomic E-state index is 2.39. The van der Waals surface area contributed by atoms with Gasteiger partial charge in [-0.15, -0.1) is 0 Å². The second-order valence-electron chi connectivity index (χ2n) is 23.2. The summed E-state index contributed by atoms with van der Waals surface area (Å²) >= 11 is 0. The topological polar surface area (TPSA) is 9.86 Å². The summed E-state index contributed by atoms with van der Waals surface area (Å²) < 4.78 is 4.79. The molecule has 0 saturated heterocycles. The van der Waals surface area contributed by atoms with Gasteiger partial charge in [-0.05, 0) is 183 Å². The third-order valence-corrected chi connectivity index (χ3v) is 18.2. The third-order valence-electron chi connectivity index (χ3n) is 18.2. The zero-order valence-electron chi connectivity index (χ0n) is 48.2. The molecule has 0 unspecified atom stereocenters. The number of benzene rings is 15. The van der Waals surface area contributed by atoms with E-state index in [1.165, 1.54) is 154 Å². The van der Waals surface area contributed by atoms with Crippen LogP contribution in [0.15, 0.2) is 340 Å². The molecule has 88 heavy (non-hydrogen) atoms. The lowest BCUT2D eigenvalue weighted by Gasteiger charge is -2.18. The highest BCUT2D eigenvalue weighted by Crippen LogP contribution is 2.46. The van der Waals surface area contributed by atoms with Gasteiger partial charge in [-0.3, -0.25) is 0 Å². The number of hydrogen-bond acceptors (Lipinski definition) is 0. The van der Waals surface area contributed by atoms with Gasteiger partial charge >= 0.3 is 0 Å². The Kier molecular flexibility index (Phi) is 12.3. The number of nitrogens with zero attached hydrogens (tertiary/aromatic N) is 2. The van der Waals surface area contributed by atoms with E-state index in [0.29, 0.717) is 0 Å². The Morgan fingerprint density at radius 3 is 0.591 bits per heavy atom. The van der Waals surface area contributed by atoms with Crippen LogP contribution in [-0.4, -0.2) is 9.13 Å². The fraction of sp³-hybridized carbons (Fsp3) is 0. The summed E-state index contributed by atoms with van der Waals surface area (Å²) in [6.45, 7) is 0. The maximum absolute atomic E-state index is 2.39. The van der Waals surface area contributed by atoms with Crippen molar-refractivity contribution in [3.63, 3.8) is 0 Å². The first kappa shape index (κ1) is 50.9. The van der Waals surface area contributed by atoms with Crippen molar-refractivity contribution in [2.75, 3.05) is 0 Å². The Labute approximate surface area is 511 Å². The van der Waals surface area contributed by atoms with E-state index >= 15 is 0 Å². The van der Waals surface area contributed by atoms with Gasteiger partial charge in [-0.25, -0.2) is 0 Å². The van der Waals surface area contributed by atoms with E-state index in [1.54, 1.807) is 0 Å². The van der Waals surface area contributed by atoms with E-state index in [4.69, 9.17) is 0 Å². The van der Waals surface area contributed by atoms with Gasteiger partial charge in [-0.1, -0.05) is 267 Å². The molecule has 0 atom stereocenters. The zero-order chi connectivity index (χ0) is 58.1. The first-order valence-electron chi connectivity index (χ1n) is 30.4. The van der Waals surface area contributed by atoms with Crippen LogP contribution in [0.1, 0.15) is 0 Å². The lowest BCUT2D eigenvalue weighted by atomic mass is 9.85. The highest BCUT2D eigenvalue weighted by molar-refractivity contribution is 6.21. The quantitative estimate of drug-likeness (QED) is 0.121. The van der Waals surface area contributed by atoms with E-state index in [-0.39, 0.29) is 0 Å². The highest BCUT2D eigenvalue weighted by atomic mass is 15.0. The Hall–Kier alpha value is -11.6. The maximum Gasteiger partial charge on any atom is 0.0541 e. The van der Waals surface area contributed by atoms with Gasteiger partial charge in [0.05, 0.1) is 22.1 Å². The molecular weight excluding hydrogens is 1060 g/mol. The van der Waals surface area contributed by atoms with Crippen LogP contribution in [-0.2, 0) is 0 Å². The molecule has 15 aromatic carbocycles. The number of aromatic nitrogens is 2. The van der Waals surface area contributed by atoms with Crippen molar-refractivity contribution < 1.29 is 0 Å². The predicted molar refractivity (Wildman–Crippen MR) is 374 cm³/mol. The molecule has 0 spiro atoms. The summed E-state index contributed by atoms with van der Waals surface area (Å²) in [7, 11) is 0. The number of para-hydroxylation sites is 2. The Balaban J connectivity index is 0.660. The molecule has 17 aromatic rings. The molecule has 2 heteroatoms. The van der Waals surface area contributed by atoms with E-state index in [0.717, 1.165) is 11.4 Å². The van der Waals surface area contributed by atoms with Gasteiger partial charge in [0, 0.05) is 32.9 Å². The van der Waals surface area contributed by atoms with Crippen LogP contribution in [0.25, 0.3) is 166 Å². The summed E-state index contributed by atoms with van der Waals surface area (Å²) in [5.41, 5.74) is 26.4. The molecule has 0 N–H and O–H groups in total. The second-order valence-corrected chi connectivity index (χ2v) is 23.2. The number of rotatable bonds is 10. The number of fused-ring (bicyclic) bond motifs is 8. The van der Waals surface area contributed by atoms with E-state index in [9.17, 15) is 0 Å². The molecule has 0 aliphatic rings. The minimum atomic E-state index is 1.16. The van der Waals surface area contributed by atoms with Crippen molar-refractivity contribution in [3.05, 3.63) is 340 Å². The first-order chi connectivity index (χ1) is 43.6. The molecule has 0 aliphatic heterocycles. The summed E-state index contributed by atoms with van der Waals surface area (Å²) in [5, 5.41) is 9.95. The highest BCUT2D eigenvalue weighted by Gasteiger charge is 2.20. The molecule has 0 saturated carbocycles. The van der Waals surface area contributed by atoms with Crippen LogP contribution < -0.4 is 0 Å². The van der Waals surface area contributed by atoms with Crippen molar-refractivity contribution in [1.29, 1.82) is 0 Å². The normalized spacial score (nSPS) is 11.6. The number of hydrogen-bond donors (Lipinski definition) is 0. The van der Waals surface area contributed by atoms with Crippen molar-refractivity contribution >= 4 is 65.2 Å². The SMILES string of the molecule is c1ccc(-c2ccc3c(c2)c2cc(-c4ccc(-c5ccc(-c6c7ccccc7c(-c7ccc(-c8ccc(-c9ccc%10c(c9)c9cc(-c%11ccccc%11)ccc9n%10-c9ccccc9)cc8)cc7)c7ccccc67)cc5)cc4)ccc2n3-c2ccccc2)cc1. The van der Waals surface area contributed by atoms with Crippen LogP contribution in [0.5, 0.6) is 0 Å². The van der Waals surface area contributed by atoms with E-state index in [1.807, 2.05) is 0 Å². The van der Waals surface area contributed by atoms with E-state index in [2.05, 4.69) is 349 Å². The van der Waals surface area contributed by atoms with Crippen LogP contribution >= 0.6 is 0 Å². The molecule has 0 fully saturated rings. The van der Waals surface area contributed by atoms with Gasteiger partial charge in [0.1, 0.15) is 0 Å². The molecule has 2 aromatic heterocycles.